The lowest BCUT2D eigenvalue weighted by Crippen LogP contribution is -2.28. The first-order valence-electron chi connectivity index (χ1n) is 4.23. The van der Waals surface area contributed by atoms with Gasteiger partial charge in [0.25, 0.3) is 0 Å². The van der Waals surface area contributed by atoms with Crippen molar-refractivity contribution < 1.29 is 18.7 Å². The summed E-state index contributed by atoms with van der Waals surface area (Å²) in [5.74, 6) is -0.886. The Bertz CT molecular complexity index is 228. The molecule has 0 fully saturated rings. The van der Waals surface area contributed by atoms with Gasteiger partial charge < -0.3 is 10.1 Å². The molecule has 1 N–H and O–H groups in total. The van der Waals surface area contributed by atoms with Crippen molar-refractivity contribution in [2.24, 2.45) is 0 Å². The van der Waals surface area contributed by atoms with Gasteiger partial charge in [0.05, 0.1) is 19.6 Å². The number of ether oxygens (including phenoxy) is 1. The van der Waals surface area contributed by atoms with Gasteiger partial charge in [0.2, 0.25) is 5.91 Å². The highest BCUT2D eigenvalue weighted by molar-refractivity contribution is 5.86. The summed E-state index contributed by atoms with van der Waals surface area (Å²) in [5.41, 5.74) is 0.306. The highest BCUT2D eigenvalue weighted by atomic mass is 19.1. The molecule has 0 aliphatic carbocycles. The number of alkyl halides is 1. The summed E-state index contributed by atoms with van der Waals surface area (Å²) in [7, 11) is 0. The number of nitrogens with one attached hydrogen (secondary N) is 1. The van der Waals surface area contributed by atoms with Crippen molar-refractivity contribution in [1.82, 2.24) is 5.32 Å². The lowest BCUT2D eigenvalue weighted by Gasteiger charge is -2.05. The minimum absolute atomic E-state index is 0.0731. The van der Waals surface area contributed by atoms with Crippen LogP contribution in [0.1, 0.15) is 13.3 Å². The molecule has 80 valence electrons. The quantitative estimate of drug-likeness (QED) is 0.390. The summed E-state index contributed by atoms with van der Waals surface area (Å²) < 4.78 is 16.3. The minimum atomic E-state index is -0.683. The largest absolute Gasteiger partial charge is 0.460 e. The van der Waals surface area contributed by atoms with Crippen molar-refractivity contribution in [3.05, 3.63) is 12.2 Å². The van der Waals surface area contributed by atoms with Crippen LogP contribution >= 0.6 is 0 Å². The molecule has 0 heterocycles. The van der Waals surface area contributed by atoms with Crippen LogP contribution in [0.5, 0.6) is 0 Å². The maximum atomic E-state index is 11.6. The normalized spacial score (nSPS) is 9.29. The van der Waals surface area contributed by atoms with Gasteiger partial charge in [0, 0.05) is 5.57 Å². The fraction of sp³-hybridized carbons (Fsp3) is 0.556. The second-order valence-electron chi connectivity index (χ2n) is 2.71. The first-order valence-corrected chi connectivity index (χ1v) is 4.23. The van der Waals surface area contributed by atoms with Gasteiger partial charge in [-0.2, -0.15) is 0 Å². The molecule has 0 aliphatic rings. The van der Waals surface area contributed by atoms with Gasteiger partial charge in [0.1, 0.15) is 6.61 Å². The van der Waals surface area contributed by atoms with Crippen molar-refractivity contribution in [3.63, 3.8) is 0 Å². The molecule has 0 radical (unpaired) electrons. The molecule has 0 rings (SSSR count). The maximum Gasteiger partial charge on any atom is 0.333 e. The fourth-order valence-electron chi connectivity index (χ4n) is 0.632. The van der Waals surface area contributed by atoms with E-state index >= 15 is 0 Å². The van der Waals surface area contributed by atoms with Crippen LogP contribution in [0.25, 0.3) is 0 Å². The fourth-order valence-corrected chi connectivity index (χ4v) is 0.632. The molecular formula is C9H14FNO3. The Kier molecular flexibility index (Phi) is 6.36. The van der Waals surface area contributed by atoms with Crippen molar-refractivity contribution >= 4 is 11.9 Å². The third-order valence-corrected chi connectivity index (χ3v) is 1.33. The van der Waals surface area contributed by atoms with Gasteiger partial charge in [-0.15, -0.1) is 0 Å². The van der Waals surface area contributed by atoms with Crippen LogP contribution in [0.15, 0.2) is 12.2 Å². The highest BCUT2D eigenvalue weighted by Gasteiger charge is 2.03. The number of halogens is 1. The summed E-state index contributed by atoms with van der Waals surface area (Å²) in [6.45, 7) is 4.50. The summed E-state index contributed by atoms with van der Waals surface area (Å²) in [4.78, 5) is 21.5. The Morgan fingerprint density at radius 2 is 2.14 bits per heavy atom. The van der Waals surface area contributed by atoms with Gasteiger partial charge in [-0.3, -0.25) is 9.18 Å². The summed E-state index contributed by atoms with van der Waals surface area (Å²) >= 11 is 0. The van der Waals surface area contributed by atoms with Gasteiger partial charge in [0.15, 0.2) is 0 Å². The van der Waals surface area contributed by atoms with Gasteiger partial charge in [-0.25, -0.2) is 4.79 Å². The van der Waals surface area contributed by atoms with Crippen LogP contribution in [0.3, 0.4) is 0 Å². The van der Waals surface area contributed by atoms with Crippen molar-refractivity contribution in [2.75, 3.05) is 19.8 Å². The summed E-state index contributed by atoms with van der Waals surface area (Å²) in [5, 5.41) is 2.39. The molecule has 0 unspecified atom stereocenters. The maximum absolute atomic E-state index is 11.6. The molecule has 1 amide bonds. The standard InChI is InChI=1S/C9H14FNO3/c1-7(2)9(13)14-6-5-11-8(12)3-4-10/h1,3-6H2,2H3,(H,11,12). The Morgan fingerprint density at radius 1 is 1.50 bits per heavy atom. The molecule has 0 aromatic carbocycles. The minimum Gasteiger partial charge on any atom is -0.460 e. The third kappa shape index (κ3) is 6.16. The Labute approximate surface area is 82.1 Å². The van der Waals surface area contributed by atoms with E-state index in [9.17, 15) is 14.0 Å². The second kappa shape index (κ2) is 7.06. The van der Waals surface area contributed by atoms with Gasteiger partial charge >= 0.3 is 5.97 Å². The van der Waals surface area contributed by atoms with Crippen molar-refractivity contribution in [3.8, 4) is 0 Å². The van der Waals surface area contributed by atoms with Crippen LogP contribution in [0.2, 0.25) is 0 Å². The van der Waals surface area contributed by atoms with Crippen LogP contribution < -0.4 is 5.32 Å². The molecule has 0 aromatic rings. The topological polar surface area (TPSA) is 55.4 Å². The average Bonchev–Trinajstić information content (AvgIpc) is 2.12. The van der Waals surface area contributed by atoms with E-state index in [1.807, 2.05) is 0 Å². The first kappa shape index (κ1) is 12.6. The number of hydrogen-bond acceptors (Lipinski definition) is 3. The molecule has 0 atom stereocenters. The first-order chi connectivity index (χ1) is 6.57. The molecule has 0 spiro atoms. The van der Waals surface area contributed by atoms with E-state index < -0.39 is 12.6 Å². The highest BCUT2D eigenvalue weighted by Crippen LogP contribution is 1.90. The summed E-state index contributed by atoms with van der Waals surface area (Å²) in [6.07, 6.45) is -0.158. The molecule has 0 saturated carbocycles. The molecule has 4 nitrogen and oxygen atoms in total. The van der Waals surface area contributed by atoms with E-state index in [1.54, 1.807) is 0 Å². The van der Waals surface area contributed by atoms with Crippen LogP contribution in [-0.4, -0.2) is 31.7 Å². The zero-order chi connectivity index (χ0) is 11.0. The van der Waals surface area contributed by atoms with E-state index in [2.05, 4.69) is 16.6 Å². The van der Waals surface area contributed by atoms with Crippen molar-refractivity contribution in [2.45, 2.75) is 13.3 Å². The van der Waals surface area contributed by atoms with Crippen LogP contribution in [0.4, 0.5) is 4.39 Å². The van der Waals surface area contributed by atoms with Crippen LogP contribution in [0, 0.1) is 0 Å². The number of amides is 1. The molecule has 0 bridgehead atoms. The zero-order valence-electron chi connectivity index (χ0n) is 8.14. The van der Waals surface area contributed by atoms with E-state index in [1.165, 1.54) is 6.92 Å². The Hall–Kier alpha value is -1.39. The average molecular weight is 203 g/mol. The lowest BCUT2D eigenvalue weighted by atomic mass is 10.4. The molecular weight excluding hydrogens is 189 g/mol. The zero-order valence-corrected chi connectivity index (χ0v) is 8.14. The molecule has 5 heteroatoms. The van der Waals surface area contributed by atoms with E-state index in [4.69, 9.17) is 0 Å². The predicted molar refractivity (Wildman–Crippen MR) is 49.4 cm³/mol. The third-order valence-electron chi connectivity index (χ3n) is 1.33. The number of esters is 1. The van der Waals surface area contributed by atoms with E-state index in [0.29, 0.717) is 5.57 Å². The van der Waals surface area contributed by atoms with Crippen molar-refractivity contribution in [1.29, 1.82) is 0 Å². The Morgan fingerprint density at radius 3 is 2.64 bits per heavy atom. The molecule has 0 saturated heterocycles. The SMILES string of the molecule is C=C(C)C(=O)OCCNC(=O)CCF. The number of carbonyl (C=O) groups excluding carboxylic acids is 2. The number of hydrogen-bond donors (Lipinski definition) is 1. The number of carbonyl (C=O) groups is 2. The Balaban J connectivity index is 3.42. The molecule has 14 heavy (non-hydrogen) atoms. The van der Waals surface area contributed by atoms with E-state index in [-0.39, 0.29) is 25.5 Å². The summed E-state index contributed by atoms with van der Waals surface area (Å²) in [6, 6.07) is 0. The molecule has 0 aliphatic heterocycles. The lowest BCUT2D eigenvalue weighted by molar-refractivity contribution is -0.139. The van der Waals surface area contributed by atoms with Crippen LogP contribution in [-0.2, 0) is 14.3 Å². The smallest absolute Gasteiger partial charge is 0.333 e. The monoisotopic (exact) mass is 203 g/mol. The van der Waals surface area contributed by atoms with E-state index in [0.717, 1.165) is 0 Å². The van der Waals surface area contributed by atoms with Gasteiger partial charge in [-0.05, 0) is 6.92 Å². The second-order valence-corrected chi connectivity index (χ2v) is 2.71. The predicted octanol–water partition coefficient (Wildman–Crippen LogP) is 0.581. The molecule has 0 aromatic heterocycles. The van der Waals surface area contributed by atoms with Gasteiger partial charge in [-0.1, -0.05) is 6.58 Å². The number of rotatable bonds is 6.